The van der Waals surface area contributed by atoms with Gasteiger partial charge < -0.3 is 10.3 Å². The lowest BCUT2D eigenvalue weighted by atomic mass is 10.2. The van der Waals surface area contributed by atoms with Crippen LogP contribution in [0.2, 0.25) is 0 Å². The number of rotatable bonds is 2. The normalized spacial score (nSPS) is 11.4. The van der Waals surface area contributed by atoms with Crippen LogP contribution in [0.3, 0.4) is 0 Å². The molecule has 2 aromatic rings. The van der Waals surface area contributed by atoms with Gasteiger partial charge in [-0.2, -0.15) is 9.98 Å². The molecule has 0 fully saturated rings. The molecule has 16 heavy (non-hydrogen) atoms. The van der Waals surface area contributed by atoms with Crippen molar-refractivity contribution in [3.8, 4) is 11.4 Å². The van der Waals surface area contributed by atoms with E-state index < -0.39 is 0 Å². The highest BCUT2D eigenvalue weighted by Crippen LogP contribution is 2.17. The molecule has 1 aromatic carbocycles. The molecular formula is C9H10N6O. The second-order valence-corrected chi connectivity index (χ2v) is 2.91. The Bertz CT molecular complexity index is 492. The minimum absolute atomic E-state index is 0.00302. The maximum Gasteiger partial charge on any atom is 0.351 e. The summed E-state index contributed by atoms with van der Waals surface area (Å²) in [6.45, 7) is 0. The van der Waals surface area contributed by atoms with Gasteiger partial charge in [0.2, 0.25) is 11.8 Å². The van der Waals surface area contributed by atoms with Crippen LogP contribution in [-0.4, -0.2) is 16.1 Å². The van der Waals surface area contributed by atoms with E-state index in [-0.39, 0.29) is 12.0 Å². The second-order valence-electron chi connectivity index (χ2n) is 2.91. The van der Waals surface area contributed by atoms with Gasteiger partial charge in [-0.15, -0.1) is 0 Å². The van der Waals surface area contributed by atoms with Crippen LogP contribution in [0.4, 0.5) is 6.01 Å². The molecule has 0 atom stereocenters. The molecule has 2 rings (SSSR count). The standard InChI is InChI=1S/C9H10N6O/c10-8(14-11)13-9-12-7(15-16-9)6-4-2-1-3-5-6/h1-5H,11H2,(H3,10,12,13,14,15). The van der Waals surface area contributed by atoms with Crippen LogP contribution in [-0.2, 0) is 0 Å². The molecule has 1 aromatic heterocycles. The Morgan fingerprint density at radius 2 is 2.06 bits per heavy atom. The van der Waals surface area contributed by atoms with Crippen LogP contribution < -0.4 is 17.0 Å². The van der Waals surface area contributed by atoms with Gasteiger partial charge in [-0.25, -0.2) is 5.84 Å². The summed E-state index contributed by atoms with van der Waals surface area (Å²) in [5, 5.41) is 3.76. The Kier molecular flexibility index (Phi) is 2.79. The van der Waals surface area contributed by atoms with Gasteiger partial charge in [0.1, 0.15) is 0 Å². The van der Waals surface area contributed by atoms with E-state index in [2.05, 4.69) is 20.6 Å². The minimum atomic E-state index is 0.00302. The largest absolute Gasteiger partial charge is 0.368 e. The SMILES string of the molecule is NN/C(N)=N/c1nc(-c2ccccc2)no1. The van der Waals surface area contributed by atoms with E-state index in [1.54, 1.807) is 0 Å². The Hall–Kier alpha value is -2.41. The molecule has 7 nitrogen and oxygen atoms in total. The highest BCUT2D eigenvalue weighted by atomic mass is 16.5. The number of guanidine groups is 1. The van der Waals surface area contributed by atoms with Crippen molar-refractivity contribution in [2.75, 3.05) is 0 Å². The van der Waals surface area contributed by atoms with Crippen molar-refractivity contribution in [1.82, 2.24) is 15.6 Å². The van der Waals surface area contributed by atoms with E-state index in [4.69, 9.17) is 16.1 Å². The second kappa shape index (κ2) is 4.41. The maximum absolute atomic E-state index is 5.34. The van der Waals surface area contributed by atoms with Crippen molar-refractivity contribution in [3.63, 3.8) is 0 Å². The molecule has 0 aliphatic carbocycles. The number of nitrogens with two attached hydrogens (primary N) is 2. The molecule has 0 aliphatic rings. The Balaban J connectivity index is 2.27. The van der Waals surface area contributed by atoms with Crippen LogP contribution in [0.5, 0.6) is 0 Å². The first kappa shape index (κ1) is 10.1. The molecule has 0 unspecified atom stereocenters. The number of hydrazine groups is 1. The Morgan fingerprint density at radius 3 is 2.75 bits per heavy atom. The zero-order chi connectivity index (χ0) is 11.4. The summed E-state index contributed by atoms with van der Waals surface area (Å²) in [7, 11) is 0. The predicted molar refractivity (Wildman–Crippen MR) is 58.3 cm³/mol. The average Bonchev–Trinajstić information content (AvgIpc) is 2.78. The summed E-state index contributed by atoms with van der Waals surface area (Å²) < 4.78 is 4.87. The topological polar surface area (TPSA) is 115 Å². The van der Waals surface area contributed by atoms with Crippen LogP contribution >= 0.6 is 0 Å². The van der Waals surface area contributed by atoms with Gasteiger partial charge in [-0.3, -0.25) is 5.43 Å². The molecule has 0 saturated heterocycles. The van der Waals surface area contributed by atoms with Crippen molar-refractivity contribution in [3.05, 3.63) is 30.3 Å². The molecule has 5 N–H and O–H groups in total. The fourth-order valence-corrected chi connectivity index (χ4v) is 1.10. The summed E-state index contributed by atoms with van der Waals surface area (Å²) >= 11 is 0. The average molecular weight is 218 g/mol. The number of hydrogen-bond donors (Lipinski definition) is 3. The smallest absolute Gasteiger partial charge is 0.351 e. The van der Waals surface area contributed by atoms with Crippen LogP contribution in [0.1, 0.15) is 0 Å². The van der Waals surface area contributed by atoms with E-state index >= 15 is 0 Å². The van der Waals surface area contributed by atoms with Gasteiger partial charge in [0, 0.05) is 5.56 Å². The fourth-order valence-electron chi connectivity index (χ4n) is 1.10. The third-order valence-electron chi connectivity index (χ3n) is 1.81. The fraction of sp³-hybridized carbons (Fsp3) is 0. The number of nitrogens with zero attached hydrogens (tertiary/aromatic N) is 3. The summed E-state index contributed by atoms with van der Waals surface area (Å²) in [6.07, 6.45) is 0. The highest BCUT2D eigenvalue weighted by Gasteiger charge is 2.07. The molecule has 7 heteroatoms. The zero-order valence-electron chi connectivity index (χ0n) is 8.29. The van der Waals surface area contributed by atoms with Crippen LogP contribution in [0, 0.1) is 0 Å². The molecule has 1 heterocycles. The van der Waals surface area contributed by atoms with E-state index in [9.17, 15) is 0 Å². The van der Waals surface area contributed by atoms with Crippen LogP contribution in [0.15, 0.2) is 39.8 Å². The van der Waals surface area contributed by atoms with Crippen molar-refractivity contribution < 1.29 is 4.52 Å². The Morgan fingerprint density at radius 1 is 1.31 bits per heavy atom. The number of nitrogens with one attached hydrogen (secondary N) is 1. The number of aromatic nitrogens is 2. The van der Waals surface area contributed by atoms with Gasteiger partial charge in [-0.05, 0) is 0 Å². The molecule has 0 aliphatic heterocycles. The van der Waals surface area contributed by atoms with E-state index in [0.717, 1.165) is 5.56 Å². The quantitative estimate of drug-likeness (QED) is 0.286. The van der Waals surface area contributed by atoms with Gasteiger partial charge in [0.05, 0.1) is 0 Å². The van der Waals surface area contributed by atoms with Gasteiger partial charge in [-0.1, -0.05) is 35.5 Å². The van der Waals surface area contributed by atoms with E-state index in [1.807, 2.05) is 30.3 Å². The summed E-state index contributed by atoms with van der Waals surface area (Å²) in [4.78, 5) is 7.77. The summed E-state index contributed by atoms with van der Waals surface area (Å²) in [5.41, 5.74) is 8.34. The van der Waals surface area contributed by atoms with E-state index in [0.29, 0.717) is 5.82 Å². The van der Waals surface area contributed by atoms with Crippen molar-refractivity contribution >= 4 is 12.0 Å². The first-order chi connectivity index (χ1) is 7.79. The molecule has 82 valence electrons. The van der Waals surface area contributed by atoms with Gasteiger partial charge in [0.15, 0.2) is 0 Å². The molecule has 0 amide bonds. The van der Waals surface area contributed by atoms with Crippen molar-refractivity contribution in [2.24, 2.45) is 16.6 Å². The van der Waals surface area contributed by atoms with Gasteiger partial charge >= 0.3 is 6.01 Å². The van der Waals surface area contributed by atoms with E-state index in [1.165, 1.54) is 0 Å². The minimum Gasteiger partial charge on any atom is -0.368 e. The number of aliphatic imine (C=N–C) groups is 1. The van der Waals surface area contributed by atoms with Crippen molar-refractivity contribution in [1.29, 1.82) is 0 Å². The third-order valence-corrected chi connectivity index (χ3v) is 1.81. The highest BCUT2D eigenvalue weighted by molar-refractivity contribution is 5.79. The zero-order valence-corrected chi connectivity index (χ0v) is 8.29. The molecule has 0 spiro atoms. The molecule has 0 radical (unpaired) electrons. The molecule has 0 bridgehead atoms. The van der Waals surface area contributed by atoms with Crippen LogP contribution in [0.25, 0.3) is 11.4 Å². The third kappa shape index (κ3) is 2.15. The lowest BCUT2D eigenvalue weighted by molar-refractivity contribution is 0.430. The first-order valence-electron chi connectivity index (χ1n) is 4.49. The lowest BCUT2D eigenvalue weighted by Gasteiger charge is -1.92. The number of hydrogen-bond acceptors (Lipinski definition) is 5. The monoisotopic (exact) mass is 218 g/mol. The number of benzene rings is 1. The molecule has 0 saturated carbocycles. The lowest BCUT2D eigenvalue weighted by Crippen LogP contribution is -2.36. The summed E-state index contributed by atoms with van der Waals surface area (Å²) in [5.74, 6) is 5.49. The predicted octanol–water partition coefficient (Wildman–Crippen LogP) is 0.146. The summed E-state index contributed by atoms with van der Waals surface area (Å²) in [6, 6.07) is 9.44. The van der Waals surface area contributed by atoms with Crippen molar-refractivity contribution in [2.45, 2.75) is 0 Å². The van der Waals surface area contributed by atoms with Gasteiger partial charge in [0.25, 0.3) is 0 Å². The molecular weight excluding hydrogens is 208 g/mol. The Labute approximate surface area is 91.1 Å². The maximum atomic E-state index is 5.34. The first-order valence-corrected chi connectivity index (χ1v) is 4.49.